The lowest BCUT2D eigenvalue weighted by atomic mass is 9.77. The fourth-order valence-electron chi connectivity index (χ4n) is 3.26. The van der Waals surface area contributed by atoms with Gasteiger partial charge >= 0.3 is 0 Å². The Hall–Kier alpha value is -2.54. The zero-order valence-electron chi connectivity index (χ0n) is 14.0. The van der Waals surface area contributed by atoms with E-state index in [0.29, 0.717) is 18.3 Å². The van der Waals surface area contributed by atoms with Crippen LogP contribution in [0.3, 0.4) is 0 Å². The van der Waals surface area contributed by atoms with Crippen LogP contribution >= 0.6 is 0 Å². The summed E-state index contributed by atoms with van der Waals surface area (Å²) in [4.78, 5) is 8.62. The summed E-state index contributed by atoms with van der Waals surface area (Å²) in [5.74, 6) is 1.64. The van der Waals surface area contributed by atoms with E-state index < -0.39 is 0 Å². The second-order valence-electron chi connectivity index (χ2n) is 6.40. The first-order chi connectivity index (χ1) is 12.2. The second-order valence-corrected chi connectivity index (χ2v) is 6.40. The van der Waals surface area contributed by atoms with Gasteiger partial charge in [0.15, 0.2) is 0 Å². The molecule has 0 radical (unpaired) electrons. The molecule has 0 bridgehead atoms. The minimum atomic E-state index is -0.221. The Morgan fingerprint density at radius 2 is 2.12 bits per heavy atom. The van der Waals surface area contributed by atoms with Crippen molar-refractivity contribution in [3.05, 3.63) is 53.7 Å². The van der Waals surface area contributed by atoms with Gasteiger partial charge in [-0.05, 0) is 36.5 Å². The topological polar surface area (TPSA) is 64.3 Å². The highest BCUT2D eigenvalue weighted by Crippen LogP contribution is 2.39. The van der Waals surface area contributed by atoms with Crippen LogP contribution in [0.2, 0.25) is 0 Å². The number of halogens is 1. The third kappa shape index (κ3) is 3.19. The van der Waals surface area contributed by atoms with Crippen LogP contribution in [0.1, 0.15) is 36.6 Å². The lowest BCUT2D eigenvalue weighted by molar-refractivity contribution is 0.181. The van der Waals surface area contributed by atoms with E-state index in [0.717, 1.165) is 29.9 Å². The van der Waals surface area contributed by atoms with Gasteiger partial charge in [-0.25, -0.2) is 9.37 Å². The molecule has 2 aromatic heterocycles. The predicted octanol–water partition coefficient (Wildman–Crippen LogP) is 3.36. The van der Waals surface area contributed by atoms with Gasteiger partial charge in [-0.15, -0.1) is 0 Å². The average molecular weight is 341 g/mol. The van der Waals surface area contributed by atoms with Crippen molar-refractivity contribution in [3.63, 3.8) is 0 Å². The van der Waals surface area contributed by atoms with Crippen molar-refractivity contribution in [1.29, 1.82) is 0 Å². The van der Waals surface area contributed by atoms with Crippen molar-refractivity contribution in [1.82, 2.24) is 19.6 Å². The summed E-state index contributed by atoms with van der Waals surface area (Å²) in [7, 11) is 1.64. The third-order valence-electron chi connectivity index (χ3n) is 4.75. The van der Waals surface area contributed by atoms with Gasteiger partial charge in [0.2, 0.25) is 0 Å². The van der Waals surface area contributed by atoms with Gasteiger partial charge in [0.05, 0.1) is 18.3 Å². The Morgan fingerprint density at radius 1 is 1.32 bits per heavy atom. The summed E-state index contributed by atoms with van der Waals surface area (Å²) >= 11 is 0. The number of anilines is 1. The summed E-state index contributed by atoms with van der Waals surface area (Å²) < 4.78 is 20.2. The van der Waals surface area contributed by atoms with E-state index in [1.54, 1.807) is 11.6 Å². The van der Waals surface area contributed by atoms with Crippen molar-refractivity contribution in [3.8, 4) is 0 Å². The van der Waals surface area contributed by atoms with E-state index in [1.165, 1.54) is 24.9 Å². The molecular formula is C18H20FN5O. The Labute approximate surface area is 145 Å². The van der Waals surface area contributed by atoms with Gasteiger partial charge in [-0.1, -0.05) is 18.6 Å². The number of benzene rings is 1. The first-order valence-corrected chi connectivity index (χ1v) is 8.45. The molecule has 1 fully saturated rings. The van der Waals surface area contributed by atoms with Gasteiger partial charge in [-0.2, -0.15) is 14.6 Å². The molecule has 1 aliphatic carbocycles. The molecule has 25 heavy (non-hydrogen) atoms. The maximum atomic E-state index is 13.3. The number of methoxy groups -OCH3 is 1. The number of fused-ring (bicyclic) bond motifs is 1. The number of hydrogen-bond donors (Lipinski definition) is 1. The first kappa shape index (κ1) is 16.0. The SMILES string of the molecule is COCc1cc(NC(c2ccc(F)cc2)C2CCC2)n2ncnc2n1. The highest BCUT2D eigenvalue weighted by molar-refractivity contribution is 5.47. The molecule has 0 amide bonds. The van der Waals surface area contributed by atoms with Gasteiger partial charge < -0.3 is 10.1 Å². The first-order valence-electron chi connectivity index (χ1n) is 8.45. The van der Waals surface area contributed by atoms with Crippen LogP contribution < -0.4 is 5.32 Å². The van der Waals surface area contributed by atoms with E-state index in [4.69, 9.17) is 4.74 Å². The van der Waals surface area contributed by atoms with E-state index in [-0.39, 0.29) is 11.9 Å². The molecule has 1 aliphatic rings. The Balaban J connectivity index is 1.70. The second kappa shape index (κ2) is 6.76. The number of ether oxygens (including phenoxy) is 1. The molecule has 7 heteroatoms. The lowest BCUT2D eigenvalue weighted by Gasteiger charge is -2.35. The number of hydrogen-bond acceptors (Lipinski definition) is 5. The van der Waals surface area contributed by atoms with Crippen molar-refractivity contribution in [2.75, 3.05) is 12.4 Å². The summed E-state index contributed by atoms with van der Waals surface area (Å²) in [6.07, 6.45) is 5.03. The summed E-state index contributed by atoms with van der Waals surface area (Å²) in [5.41, 5.74) is 1.86. The molecule has 0 aliphatic heterocycles. The fourth-order valence-corrected chi connectivity index (χ4v) is 3.26. The largest absolute Gasteiger partial charge is 0.378 e. The van der Waals surface area contributed by atoms with E-state index in [9.17, 15) is 4.39 Å². The third-order valence-corrected chi connectivity index (χ3v) is 4.75. The normalized spacial score (nSPS) is 15.9. The van der Waals surface area contributed by atoms with Crippen molar-refractivity contribution in [2.24, 2.45) is 5.92 Å². The quantitative estimate of drug-likeness (QED) is 0.745. The maximum absolute atomic E-state index is 13.3. The van der Waals surface area contributed by atoms with Crippen LogP contribution in [0.4, 0.5) is 10.2 Å². The summed E-state index contributed by atoms with van der Waals surface area (Å²) in [6.45, 7) is 0.405. The molecule has 1 N–H and O–H groups in total. The van der Waals surface area contributed by atoms with Crippen LogP contribution in [0, 0.1) is 11.7 Å². The van der Waals surface area contributed by atoms with E-state index in [2.05, 4.69) is 20.4 Å². The van der Waals surface area contributed by atoms with Crippen LogP contribution in [0.15, 0.2) is 36.7 Å². The smallest absolute Gasteiger partial charge is 0.254 e. The summed E-state index contributed by atoms with van der Waals surface area (Å²) in [5, 5.41) is 7.85. The highest BCUT2D eigenvalue weighted by Gasteiger charge is 2.29. The predicted molar refractivity (Wildman–Crippen MR) is 91.6 cm³/mol. The maximum Gasteiger partial charge on any atom is 0.254 e. The summed E-state index contributed by atoms with van der Waals surface area (Å²) in [6, 6.07) is 8.75. The van der Waals surface area contributed by atoms with Crippen molar-refractivity contribution >= 4 is 11.6 Å². The Bertz CT molecular complexity index is 860. The Morgan fingerprint density at radius 3 is 2.80 bits per heavy atom. The standard InChI is InChI=1S/C18H20FN5O/c1-25-10-15-9-16(24-18(22-15)20-11-21-24)23-17(12-3-2-4-12)13-5-7-14(19)8-6-13/h5-9,11-12,17,23H,2-4,10H2,1H3. The van der Waals surface area contributed by atoms with Crippen LogP contribution in [-0.4, -0.2) is 26.7 Å². The van der Waals surface area contributed by atoms with Gasteiger partial charge in [0, 0.05) is 13.2 Å². The van der Waals surface area contributed by atoms with Crippen LogP contribution in [-0.2, 0) is 11.3 Å². The molecule has 1 aromatic carbocycles. The molecule has 3 aromatic rings. The van der Waals surface area contributed by atoms with E-state index in [1.807, 2.05) is 18.2 Å². The zero-order chi connectivity index (χ0) is 17.2. The molecule has 0 spiro atoms. The van der Waals surface area contributed by atoms with Crippen molar-refractivity contribution < 1.29 is 9.13 Å². The molecule has 0 saturated heterocycles. The highest BCUT2D eigenvalue weighted by atomic mass is 19.1. The minimum absolute atomic E-state index is 0.0968. The molecule has 130 valence electrons. The molecular weight excluding hydrogens is 321 g/mol. The zero-order valence-corrected chi connectivity index (χ0v) is 14.0. The number of nitrogens with zero attached hydrogens (tertiary/aromatic N) is 4. The molecule has 1 unspecified atom stereocenters. The van der Waals surface area contributed by atoms with E-state index >= 15 is 0 Å². The van der Waals surface area contributed by atoms with Crippen LogP contribution in [0.5, 0.6) is 0 Å². The molecule has 1 saturated carbocycles. The van der Waals surface area contributed by atoms with Gasteiger partial charge in [0.25, 0.3) is 5.78 Å². The molecule has 4 rings (SSSR count). The number of nitrogens with one attached hydrogen (secondary N) is 1. The van der Waals surface area contributed by atoms with Crippen molar-refractivity contribution in [2.45, 2.75) is 31.9 Å². The average Bonchev–Trinajstić information content (AvgIpc) is 3.02. The number of aromatic nitrogens is 4. The molecule has 1 atom stereocenters. The minimum Gasteiger partial charge on any atom is -0.378 e. The Kier molecular flexibility index (Phi) is 4.31. The fraction of sp³-hybridized carbons (Fsp3) is 0.389. The van der Waals surface area contributed by atoms with Crippen LogP contribution in [0.25, 0.3) is 5.78 Å². The molecule has 6 nitrogen and oxygen atoms in total. The molecule has 2 heterocycles. The van der Waals surface area contributed by atoms with Gasteiger partial charge in [-0.3, -0.25) is 0 Å². The lowest BCUT2D eigenvalue weighted by Crippen LogP contribution is -2.27. The van der Waals surface area contributed by atoms with Gasteiger partial charge in [0.1, 0.15) is 18.0 Å². The monoisotopic (exact) mass is 341 g/mol. The number of rotatable bonds is 6.